The molecule has 3 rings (SSSR count). The molecule has 0 aliphatic carbocycles. The van der Waals surface area contributed by atoms with Gasteiger partial charge in [-0.3, -0.25) is 9.97 Å². The summed E-state index contributed by atoms with van der Waals surface area (Å²) in [6.45, 7) is 3.62. The molecule has 0 radical (unpaired) electrons. The number of hydrogen-bond acceptors (Lipinski definition) is 5. The van der Waals surface area contributed by atoms with Crippen molar-refractivity contribution in [3.8, 4) is 5.69 Å². The zero-order chi connectivity index (χ0) is 17.1. The second kappa shape index (κ2) is 6.57. The Balaban J connectivity index is 1.70. The zero-order valence-electron chi connectivity index (χ0n) is 13.2. The molecule has 6 nitrogen and oxygen atoms in total. The summed E-state index contributed by atoms with van der Waals surface area (Å²) >= 11 is 0. The number of aromatic nitrogens is 4. The fourth-order valence-corrected chi connectivity index (χ4v) is 2.15. The highest BCUT2D eigenvalue weighted by Gasteiger charge is 2.13. The van der Waals surface area contributed by atoms with Gasteiger partial charge in [0.15, 0.2) is 5.69 Å². The van der Waals surface area contributed by atoms with E-state index in [4.69, 9.17) is 4.74 Å². The SMILES string of the molecule is Cc1cnc(COC(=O)c2ccn(-c3ccc(F)cc3C)n2)cn1. The maximum absolute atomic E-state index is 13.2. The van der Waals surface area contributed by atoms with Crippen LogP contribution in [0.2, 0.25) is 0 Å². The summed E-state index contributed by atoms with van der Waals surface area (Å²) in [6.07, 6.45) is 4.79. The van der Waals surface area contributed by atoms with Crippen molar-refractivity contribution in [1.82, 2.24) is 19.7 Å². The number of carbonyl (C=O) groups is 1. The molecule has 0 aliphatic rings. The van der Waals surface area contributed by atoms with E-state index < -0.39 is 5.97 Å². The van der Waals surface area contributed by atoms with Gasteiger partial charge in [-0.05, 0) is 43.7 Å². The van der Waals surface area contributed by atoms with Crippen LogP contribution in [0.3, 0.4) is 0 Å². The zero-order valence-corrected chi connectivity index (χ0v) is 13.2. The molecular formula is C17H15FN4O2. The van der Waals surface area contributed by atoms with Crippen molar-refractivity contribution in [2.24, 2.45) is 0 Å². The Labute approximate surface area is 137 Å². The first kappa shape index (κ1) is 15.8. The normalized spacial score (nSPS) is 10.6. The summed E-state index contributed by atoms with van der Waals surface area (Å²) in [7, 11) is 0. The summed E-state index contributed by atoms with van der Waals surface area (Å²) < 4.78 is 19.9. The summed E-state index contributed by atoms with van der Waals surface area (Å²) in [6, 6.07) is 5.91. The molecule has 3 aromatic rings. The van der Waals surface area contributed by atoms with Crippen molar-refractivity contribution in [2.75, 3.05) is 0 Å². The molecule has 0 aliphatic heterocycles. The van der Waals surface area contributed by atoms with Gasteiger partial charge < -0.3 is 4.74 Å². The van der Waals surface area contributed by atoms with Gasteiger partial charge in [-0.1, -0.05) is 0 Å². The highest BCUT2D eigenvalue weighted by atomic mass is 19.1. The number of carbonyl (C=O) groups excluding carboxylic acids is 1. The molecular weight excluding hydrogens is 311 g/mol. The lowest BCUT2D eigenvalue weighted by Gasteiger charge is -2.05. The first-order valence-electron chi connectivity index (χ1n) is 7.30. The molecule has 122 valence electrons. The minimum atomic E-state index is -0.559. The molecule has 1 aromatic carbocycles. The standard InChI is InChI=1S/C17H15FN4O2/c1-11-7-13(18)3-4-16(11)22-6-5-15(21-22)17(23)24-10-14-9-19-12(2)8-20-14/h3-9H,10H2,1-2H3. The summed E-state index contributed by atoms with van der Waals surface area (Å²) in [5.41, 5.74) is 2.92. The molecule has 0 spiro atoms. The van der Waals surface area contributed by atoms with Gasteiger partial charge in [-0.25, -0.2) is 13.9 Å². The molecule has 0 saturated carbocycles. The highest BCUT2D eigenvalue weighted by Crippen LogP contribution is 2.15. The minimum Gasteiger partial charge on any atom is -0.454 e. The second-order valence-electron chi connectivity index (χ2n) is 5.30. The van der Waals surface area contributed by atoms with E-state index >= 15 is 0 Å². The van der Waals surface area contributed by atoms with Gasteiger partial charge in [0.1, 0.15) is 12.4 Å². The number of rotatable bonds is 4. The van der Waals surface area contributed by atoms with Gasteiger partial charge in [0, 0.05) is 12.4 Å². The molecule has 0 N–H and O–H groups in total. The Kier molecular flexibility index (Phi) is 4.33. The Bertz CT molecular complexity index is 875. The van der Waals surface area contributed by atoms with Gasteiger partial charge in [-0.15, -0.1) is 0 Å². The Morgan fingerprint density at radius 2 is 2.04 bits per heavy atom. The molecule has 24 heavy (non-hydrogen) atoms. The molecule has 0 bridgehead atoms. The van der Waals surface area contributed by atoms with Crippen LogP contribution in [0.4, 0.5) is 4.39 Å². The fraction of sp³-hybridized carbons (Fsp3) is 0.176. The van der Waals surface area contributed by atoms with Crippen LogP contribution in [-0.2, 0) is 11.3 Å². The molecule has 2 aromatic heterocycles. The smallest absolute Gasteiger partial charge is 0.359 e. The third kappa shape index (κ3) is 3.45. The quantitative estimate of drug-likeness (QED) is 0.690. The van der Waals surface area contributed by atoms with Crippen LogP contribution >= 0.6 is 0 Å². The van der Waals surface area contributed by atoms with E-state index in [0.29, 0.717) is 16.9 Å². The van der Waals surface area contributed by atoms with Crippen LogP contribution in [0.25, 0.3) is 5.69 Å². The third-order valence-corrected chi connectivity index (χ3v) is 3.39. The van der Waals surface area contributed by atoms with Crippen LogP contribution in [0, 0.1) is 19.7 Å². The van der Waals surface area contributed by atoms with Crippen molar-refractivity contribution in [3.63, 3.8) is 0 Å². The monoisotopic (exact) mass is 326 g/mol. The van der Waals surface area contributed by atoms with Crippen molar-refractivity contribution >= 4 is 5.97 Å². The number of esters is 1. The van der Waals surface area contributed by atoms with Crippen LogP contribution in [-0.4, -0.2) is 25.7 Å². The fourth-order valence-electron chi connectivity index (χ4n) is 2.15. The molecule has 0 atom stereocenters. The third-order valence-electron chi connectivity index (χ3n) is 3.39. The van der Waals surface area contributed by atoms with E-state index in [2.05, 4.69) is 15.1 Å². The summed E-state index contributed by atoms with van der Waals surface area (Å²) in [5.74, 6) is -0.877. The van der Waals surface area contributed by atoms with E-state index in [1.54, 1.807) is 37.6 Å². The van der Waals surface area contributed by atoms with E-state index in [-0.39, 0.29) is 18.1 Å². The predicted octanol–water partition coefficient (Wildman–Crippen LogP) is 2.78. The summed E-state index contributed by atoms with van der Waals surface area (Å²) in [5, 5.41) is 4.18. The molecule has 7 heteroatoms. The molecule has 0 saturated heterocycles. The molecule has 0 unspecified atom stereocenters. The number of aryl methyl sites for hydroxylation is 2. The topological polar surface area (TPSA) is 69.9 Å². The number of benzene rings is 1. The lowest BCUT2D eigenvalue weighted by molar-refractivity contribution is 0.0460. The Morgan fingerprint density at radius 3 is 2.75 bits per heavy atom. The summed E-state index contributed by atoms with van der Waals surface area (Å²) in [4.78, 5) is 20.3. The first-order chi connectivity index (χ1) is 11.5. The van der Waals surface area contributed by atoms with Crippen molar-refractivity contribution < 1.29 is 13.9 Å². The van der Waals surface area contributed by atoms with E-state index in [9.17, 15) is 9.18 Å². The second-order valence-corrected chi connectivity index (χ2v) is 5.30. The Morgan fingerprint density at radius 1 is 1.21 bits per heavy atom. The average molecular weight is 326 g/mol. The number of halogens is 1. The highest BCUT2D eigenvalue weighted by molar-refractivity contribution is 5.87. The first-order valence-corrected chi connectivity index (χ1v) is 7.30. The Hall–Kier alpha value is -3.09. The predicted molar refractivity (Wildman–Crippen MR) is 84.1 cm³/mol. The van der Waals surface area contributed by atoms with Crippen LogP contribution in [0.15, 0.2) is 42.9 Å². The van der Waals surface area contributed by atoms with Gasteiger partial charge in [0.2, 0.25) is 0 Å². The van der Waals surface area contributed by atoms with Crippen molar-refractivity contribution in [2.45, 2.75) is 20.5 Å². The largest absolute Gasteiger partial charge is 0.454 e. The van der Waals surface area contributed by atoms with Crippen LogP contribution in [0.1, 0.15) is 27.4 Å². The van der Waals surface area contributed by atoms with Crippen LogP contribution in [0.5, 0.6) is 0 Å². The minimum absolute atomic E-state index is 0.0224. The maximum Gasteiger partial charge on any atom is 0.359 e. The van der Waals surface area contributed by atoms with Gasteiger partial charge in [0.25, 0.3) is 0 Å². The van der Waals surface area contributed by atoms with Gasteiger partial charge in [-0.2, -0.15) is 5.10 Å². The van der Waals surface area contributed by atoms with E-state index in [0.717, 1.165) is 5.69 Å². The average Bonchev–Trinajstić information content (AvgIpc) is 3.04. The lowest BCUT2D eigenvalue weighted by Crippen LogP contribution is -2.08. The maximum atomic E-state index is 13.2. The number of ether oxygens (including phenoxy) is 1. The van der Waals surface area contributed by atoms with E-state index in [1.807, 2.05) is 6.92 Å². The van der Waals surface area contributed by atoms with Crippen molar-refractivity contribution in [3.05, 3.63) is 71.3 Å². The van der Waals surface area contributed by atoms with Gasteiger partial charge in [0.05, 0.1) is 23.3 Å². The van der Waals surface area contributed by atoms with E-state index in [1.165, 1.54) is 16.8 Å². The lowest BCUT2D eigenvalue weighted by atomic mass is 10.2. The van der Waals surface area contributed by atoms with Crippen molar-refractivity contribution in [1.29, 1.82) is 0 Å². The molecule has 0 fully saturated rings. The number of nitrogens with zero attached hydrogens (tertiary/aromatic N) is 4. The molecule has 0 amide bonds. The van der Waals surface area contributed by atoms with Crippen LogP contribution < -0.4 is 0 Å². The van der Waals surface area contributed by atoms with Gasteiger partial charge >= 0.3 is 5.97 Å². The molecule has 2 heterocycles. The number of hydrogen-bond donors (Lipinski definition) is 0.